The number of nitrogens with zero attached hydrogens (tertiary/aromatic N) is 1. The maximum atomic E-state index is 5.94. The highest BCUT2D eigenvalue weighted by Gasteiger charge is 2.32. The fraction of sp³-hybridized carbons (Fsp3) is 0.667. The van der Waals surface area contributed by atoms with Gasteiger partial charge in [0.2, 0.25) is 0 Å². The summed E-state index contributed by atoms with van der Waals surface area (Å²) in [7, 11) is 2.17. The minimum atomic E-state index is 0.223. The lowest BCUT2D eigenvalue weighted by molar-refractivity contribution is -0.0600. The van der Waals surface area contributed by atoms with E-state index in [1.54, 1.807) is 11.3 Å². The van der Waals surface area contributed by atoms with Crippen molar-refractivity contribution in [2.45, 2.75) is 19.1 Å². The van der Waals surface area contributed by atoms with Crippen LogP contribution in [0.1, 0.15) is 17.8 Å². The number of thiophene rings is 1. The third-order valence-corrected chi connectivity index (χ3v) is 6.48. The standard InChI is InChI=1S/C12H18Br2N2OS/c1-3-15-7-9-11(16(2)4-5-17-9)10-6-8(13)12(14)18-10/h6,9,11,15H,3-5,7H2,1-2H3. The van der Waals surface area contributed by atoms with Crippen molar-refractivity contribution in [2.75, 3.05) is 33.3 Å². The topological polar surface area (TPSA) is 24.5 Å². The van der Waals surface area contributed by atoms with Crippen molar-refractivity contribution in [3.63, 3.8) is 0 Å². The molecule has 1 aromatic rings. The maximum absolute atomic E-state index is 5.94. The molecule has 2 atom stereocenters. The smallest absolute Gasteiger partial charge is 0.0904 e. The first-order chi connectivity index (χ1) is 8.63. The van der Waals surface area contributed by atoms with Crippen molar-refractivity contribution in [3.05, 3.63) is 19.2 Å². The first kappa shape index (κ1) is 14.9. The van der Waals surface area contributed by atoms with Gasteiger partial charge in [0.15, 0.2) is 0 Å². The van der Waals surface area contributed by atoms with Gasteiger partial charge < -0.3 is 10.1 Å². The Morgan fingerprint density at radius 1 is 1.56 bits per heavy atom. The molecule has 0 amide bonds. The average Bonchev–Trinajstić information content (AvgIpc) is 2.66. The van der Waals surface area contributed by atoms with Crippen LogP contribution in [0, 0.1) is 0 Å². The monoisotopic (exact) mass is 396 g/mol. The molecular weight excluding hydrogens is 380 g/mol. The molecule has 2 unspecified atom stereocenters. The Balaban J connectivity index is 2.18. The van der Waals surface area contributed by atoms with Gasteiger partial charge in [0.25, 0.3) is 0 Å². The Morgan fingerprint density at radius 2 is 2.33 bits per heavy atom. The first-order valence-corrected chi connectivity index (χ1v) is 8.51. The first-order valence-electron chi connectivity index (χ1n) is 6.10. The number of hydrogen-bond donors (Lipinski definition) is 1. The molecule has 102 valence electrons. The molecular formula is C12H18Br2N2OS. The van der Waals surface area contributed by atoms with Crippen LogP contribution in [0.4, 0.5) is 0 Å². The molecule has 0 aromatic carbocycles. The second-order valence-corrected chi connectivity index (χ2v) is 7.67. The highest BCUT2D eigenvalue weighted by molar-refractivity contribution is 9.13. The summed E-state index contributed by atoms with van der Waals surface area (Å²) in [5, 5.41) is 3.39. The third-order valence-electron chi connectivity index (χ3n) is 3.15. The molecule has 0 saturated carbocycles. The fourth-order valence-corrected chi connectivity index (χ4v) is 4.54. The van der Waals surface area contributed by atoms with E-state index in [2.05, 4.69) is 62.1 Å². The summed E-state index contributed by atoms with van der Waals surface area (Å²) in [5.41, 5.74) is 0. The van der Waals surface area contributed by atoms with E-state index in [0.29, 0.717) is 6.04 Å². The molecule has 1 N–H and O–H groups in total. The summed E-state index contributed by atoms with van der Waals surface area (Å²) in [4.78, 5) is 3.73. The average molecular weight is 398 g/mol. The largest absolute Gasteiger partial charge is 0.374 e. The van der Waals surface area contributed by atoms with Crippen molar-refractivity contribution < 1.29 is 4.74 Å². The zero-order chi connectivity index (χ0) is 13.1. The lowest BCUT2D eigenvalue weighted by Gasteiger charge is -2.38. The van der Waals surface area contributed by atoms with Crippen LogP contribution in [0.25, 0.3) is 0 Å². The van der Waals surface area contributed by atoms with Gasteiger partial charge in [-0.25, -0.2) is 0 Å². The molecule has 1 saturated heterocycles. The van der Waals surface area contributed by atoms with Crippen LogP contribution >= 0.6 is 43.2 Å². The lowest BCUT2D eigenvalue weighted by atomic mass is 10.1. The summed E-state index contributed by atoms with van der Waals surface area (Å²) in [5.74, 6) is 0. The molecule has 0 spiro atoms. The van der Waals surface area contributed by atoms with Gasteiger partial charge in [-0.3, -0.25) is 4.90 Å². The van der Waals surface area contributed by atoms with E-state index in [1.807, 2.05) is 0 Å². The molecule has 2 rings (SSSR count). The number of nitrogens with one attached hydrogen (secondary N) is 1. The van der Waals surface area contributed by atoms with Crippen molar-refractivity contribution in [1.29, 1.82) is 0 Å². The Kier molecular flexibility index (Phi) is 5.65. The Hall–Kier alpha value is 0.540. The van der Waals surface area contributed by atoms with Crippen LogP contribution in [0.15, 0.2) is 14.3 Å². The van der Waals surface area contributed by atoms with E-state index < -0.39 is 0 Å². The molecule has 18 heavy (non-hydrogen) atoms. The maximum Gasteiger partial charge on any atom is 0.0904 e. The van der Waals surface area contributed by atoms with Crippen LogP contribution < -0.4 is 5.32 Å². The normalized spacial score (nSPS) is 25.6. The number of rotatable bonds is 4. The summed E-state index contributed by atoms with van der Waals surface area (Å²) < 4.78 is 8.22. The molecule has 2 heterocycles. The van der Waals surface area contributed by atoms with E-state index in [-0.39, 0.29) is 6.10 Å². The highest BCUT2D eigenvalue weighted by atomic mass is 79.9. The van der Waals surface area contributed by atoms with E-state index in [9.17, 15) is 0 Å². The molecule has 1 aliphatic rings. The summed E-state index contributed by atoms with van der Waals surface area (Å²) in [6.45, 7) is 5.81. The van der Waals surface area contributed by atoms with Gasteiger partial charge in [0, 0.05) is 22.4 Å². The van der Waals surface area contributed by atoms with Gasteiger partial charge in [0.1, 0.15) is 0 Å². The number of ether oxygens (including phenoxy) is 1. The van der Waals surface area contributed by atoms with Crippen LogP contribution in [0.5, 0.6) is 0 Å². The molecule has 6 heteroatoms. The zero-order valence-corrected chi connectivity index (χ0v) is 14.6. The lowest BCUT2D eigenvalue weighted by Crippen LogP contribution is -2.47. The van der Waals surface area contributed by atoms with Crippen LogP contribution in [0.2, 0.25) is 0 Å². The minimum absolute atomic E-state index is 0.223. The highest BCUT2D eigenvalue weighted by Crippen LogP contribution is 2.39. The molecule has 3 nitrogen and oxygen atoms in total. The second-order valence-electron chi connectivity index (χ2n) is 4.41. The SMILES string of the molecule is CCNCC1OCCN(C)C1c1cc(Br)c(Br)s1. The van der Waals surface area contributed by atoms with Gasteiger partial charge >= 0.3 is 0 Å². The summed E-state index contributed by atoms with van der Waals surface area (Å²) in [6, 6.07) is 2.54. The number of morpholine rings is 1. The molecule has 1 aliphatic heterocycles. The molecule has 0 aliphatic carbocycles. The fourth-order valence-electron chi connectivity index (χ4n) is 2.23. The Morgan fingerprint density at radius 3 is 2.94 bits per heavy atom. The predicted octanol–water partition coefficient (Wildman–Crippen LogP) is 3.25. The van der Waals surface area contributed by atoms with Crippen molar-refractivity contribution in [3.8, 4) is 0 Å². The van der Waals surface area contributed by atoms with E-state index in [1.165, 1.54) is 4.88 Å². The van der Waals surface area contributed by atoms with Crippen LogP contribution in [0.3, 0.4) is 0 Å². The van der Waals surface area contributed by atoms with Crippen molar-refractivity contribution >= 4 is 43.2 Å². The number of halogens is 2. The molecule has 0 bridgehead atoms. The predicted molar refractivity (Wildman–Crippen MR) is 83.4 cm³/mol. The van der Waals surface area contributed by atoms with Crippen LogP contribution in [-0.4, -0.2) is 44.3 Å². The summed E-state index contributed by atoms with van der Waals surface area (Å²) >= 11 is 8.92. The minimum Gasteiger partial charge on any atom is -0.374 e. The van der Waals surface area contributed by atoms with Gasteiger partial charge in [-0.2, -0.15) is 0 Å². The van der Waals surface area contributed by atoms with E-state index in [0.717, 1.165) is 34.5 Å². The van der Waals surface area contributed by atoms with Crippen LogP contribution in [-0.2, 0) is 4.74 Å². The number of hydrogen-bond acceptors (Lipinski definition) is 4. The number of likely N-dealkylation sites (N-methyl/N-ethyl adjacent to an activating group) is 2. The van der Waals surface area contributed by atoms with Gasteiger partial charge in [0.05, 0.1) is 22.5 Å². The van der Waals surface area contributed by atoms with Crippen molar-refractivity contribution in [1.82, 2.24) is 10.2 Å². The van der Waals surface area contributed by atoms with Gasteiger partial charge in [-0.15, -0.1) is 11.3 Å². The van der Waals surface area contributed by atoms with Gasteiger partial charge in [-0.1, -0.05) is 6.92 Å². The quantitative estimate of drug-likeness (QED) is 0.843. The zero-order valence-electron chi connectivity index (χ0n) is 10.6. The summed E-state index contributed by atoms with van der Waals surface area (Å²) in [6.07, 6.45) is 0.223. The molecule has 0 radical (unpaired) electrons. The van der Waals surface area contributed by atoms with Crippen molar-refractivity contribution in [2.24, 2.45) is 0 Å². The third kappa shape index (κ3) is 3.35. The molecule has 1 fully saturated rings. The second kappa shape index (κ2) is 6.81. The Bertz CT molecular complexity index is 380. The molecule has 1 aromatic heterocycles. The Labute approximate surface area is 129 Å². The van der Waals surface area contributed by atoms with E-state index in [4.69, 9.17) is 4.74 Å². The van der Waals surface area contributed by atoms with Gasteiger partial charge in [-0.05, 0) is 51.5 Å². The van der Waals surface area contributed by atoms with E-state index >= 15 is 0 Å².